The molecule has 1 heterocycles. The van der Waals surface area contributed by atoms with Crippen LogP contribution in [0.4, 0.5) is 0 Å². The van der Waals surface area contributed by atoms with Crippen molar-refractivity contribution in [2.24, 2.45) is 0 Å². The Morgan fingerprint density at radius 3 is 2.62 bits per heavy atom. The lowest BCUT2D eigenvalue weighted by atomic mass is 10.2. The second kappa shape index (κ2) is 2.13. The van der Waals surface area contributed by atoms with E-state index in [0.29, 0.717) is 0 Å². The number of carbonyl (C=O) groups is 1. The quantitative estimate of drug-likeness (QED) is 0.501. The average molecular weight is 115 g/mol. The molecule has 3 heteroatoms. The Kier molecular flexibility index (Phi) is 1.48. The number of rotatable bonds is 1. The Bertz CT molecular complexity index is 98.6. The van der Waals surface area contributed by atoms with Crippen LogP contribution in [0.3, 0.4) is 0 Å². The topological polar surface area (TPSA) is 38.3 Å². The minimum Gasteiger partial charge on any atom is -0.368 e. The Balaban J connectivity index is 2.24. The van der Waals surface area contributed by atoms with Gasteiger partial charge < -0.3 is 10.1 Å². The van der Waals surface area contributed by atoms with Gasteiger partial charge in [0.15, 0.2) is 0 Å². The fourth-order valence-electron chi connectivity index (χ4n) is 0.603. The van der Waals surface area contributed by atoms with E-state index in [1.165, 1.54) is 0 Å². The summed E-state index contributed by atoms with van der Waals surface area (Å²) < 4.78 is 4.87. The fourth-order valence-corrected chi connectivity index (χ4v) is 0.603. The van der Waals surface area contributed by atoms with Gasteiger partial charge >= 0.3 is 0 Å². The first-order valence-electron chi connectivity index (χ1n) is 2.68. The lowest BCUT2D eigenvalue weighted by Crippen LogP contribution is -2.41. The van der Waals surface area contributed by atoms with Gasteiger partial charge in [-0.2, -0.15) is 0 Å². The number of carbonyl (C=O) groups excluding carboxylic acids is 1. The normalized spacial score (nSPS) is 26.4. The molecule has 8 heavy (non-hydrogen) atoms. The second-order valence-corrected chi connectivity index (χ2v) is 1.76. The van der Waals surface area contributed by atoms with Crippen LogP contribution < -0.4 is 5.32 Å². The molecule has 1 aliphatic rings. The van der Waals surface area contributed by atoms with Crippen molar-refractivity contribution in [1.29, 1.82) is 0 Å². The molecular formula is C5H9NO2. The third-order valence-corrected chi connectivity index (χ3v) is 1.24. The van der Waals surface area contributed by atoms with Gasteiger partial charge in [-0.3, -0.25) is 4.79 Å². The van der Waals surface area contributed by atoms with Crippen molar-refractivity contribution in [3.05, 3.63) is 0 Å². The van der Waals surface area contributed by atoms with Crippen LogP contribution in [0, 0.1) is 0 Å². The Hall–Kier alpha value is -0.570. The summed E-state index contributed by atoms with van der Waals surface area (Å²) in [6.45, 7) is 0.734. The predicted octanol–water partition coefficient (Wildman–Crippen LogP) is -0.479. The Labute approximate surface area is 48.0 Å². The van der Waals surface area contributed by atoms with E-state index in [1.54, 1.807) is 7.05 Å². The molecule has 1 saturated heterocycles. The molecule has 0 aromatic carbocycles. The Morgan fingerprint density at radius 2 is 2.50 bits per heavy atom. The molecule has 1 N–H and O–H groups in total. The van der Waals surface area contributed by atoms with Crippen LogP contribution in [0.1, 0.15) is 6.42 Å². The molecular weight excluding hydrogens is 106 g/mol. The van der Waals surface area contributed by atoms with E-state index in [9.17, 15) is 4.79 Å². The van der Waals surface area contributed by atoms with Crippen LogP contribution in [0.25, 0.3) is 0 Å². The smallest absolute Gasteiger partial charge is 0.248 e. The fraction of sp³-hybridized carbons (Fsp3) is 0.800. The van der Waals surface area contributed by atoms with Gasteiger partial charge in [0, 0.05) is 13.5 Å². The molecule has 1 fully saturated rings. The van der Waals surface area contributed by atoms with E-state index in [2.05, 4.69) is 5.32 Å². The molecule has 0 spiro atoms. The van der Waals surface area contributed by atoms with Crippen molar-refractivity contribution in [1.82, 2.24) is 5.32 Å². The first-order chi connectivity index (χ1) is 3.84. The molecule has 1 unspecified atom stereocenters. The van der Waals surface area contributed by atoms with Gasteiger partial charge in [-0.25, -0.2) is 0 Å². The van der Waals surface area contributed by atoms with Crippen LogP contribution in [0.5, 0.6) is 0 Å². The zero-order chi connectivity index (χ0) is 5.98. The maximum absolute atomic E-state index is 10.6. The van der Waals surface area contributed by atoms with Crippen LogP contribution in [-0.2, 0) is 9.53 Å². The highest BCUT2D eigenvalue weighted by atomic mass is 16.5. The van der Waals surface area contributed by atoms with Gasteiger partial charge in [0.25, 0.3) is 0 Å². The third kappa shape index (κ3) is 0.816. The van der Waals surface area contributed by atoms with Gasteiger partial charge in [-0.05, 0) is 0 Å². The minimum absolute atomic E-state index is 0.00347. The minimum atomic E-state index is -0.153. The second-order valence-electron chi connectivity index (χ2n) is 1.76. The Morgan fingerprint density at radius 1 is 1.88 bits per heavy atom. The molecule has 0 bridgehead atoms. The van der Waals surface area contributed by atoms with Crippen LogP contribution >= 0.6 is 0 Å². The molecule has 1 aliphatic heterocycles. The molecule has 0 aliphatic carbocycles. The van der Waals surface area contributed by atoms with Crippen molar-refractivity contribution in [2.75, 3.05) is 13.7 Å². The number of ether oxygens (including phenoxy) is 1. The summed E-state index contributed by atoms with van der Waals surface area (Å²) in [5, 5.41) is 2.50. The summed E-state index contributed by atoms with van der Waals surface area (Å²) in [5.41, 5.74) is 0. The summed E-state index contributed by atoms with van der Waals surface area (Å²) in [7, 11) is 1.62. The number of nitrogens with one attached hydrogen (secondary N) is 1. The van der Waals surface area contributed by atoms with Crippen molar-refractivity contribution in [2.45, 2.75) is 12.5 Å². The van der Waals surface area contributed by atoms with E-state index in [1.807, 2.05) is 0 Å². The first kappa shape index (κ1) is 5.56. The van der Waals surface area contributed by atoms with Crippen molar-refractivity contribution in [3.8, 4) is 0 Å². The molecule has 0 radical (unpaired) electrons. The molecule has 0 saturated carbocycles. The summed E-state index contributed by atoms with van der Waals surface area (Å²) in [4.78, 5) is 10.6. The van der Waals surface area contributed by atoms with Gasteiger partial charge in [0.1, 0.15) is 6.10 Å². The van der Waals surface area contributed by atoms with Crippen LogP contribution in [0.15, 0.2) is 0 Å². The van der Waals surface area contributed by atoms with Crippen LogP contribution in [0.2, 0.25) is 0 Å². The van der Waals surface area contributed by atoms with E-state index in [0.717, 1.165) is 13.0 Å². The van der Waals surface area contributed by atoms with E-state index in [-0.39, 0.29) is 12.0 Å². The number of likely N-dealkylation sites (N-methyl/N-ethyl adjacent to an activating group) is 1. The maximum Gasteiger partial charge on any atom is 0.248 e. The van der Waals surface area contributed by atoms with Crippen molar-refractivity contribution >= 4 is 5.91 Å². The predicted molar refractivity (Wildman–Crippen MR) is 28.4 cm³/mol. The van der Waals surface area contributed by atoms with E-state index >= 15 is 0 Å². The first-order valence-corrected chi connectivity index (χ1v) is 2.68. The maximum atomic E-state index is 10.6. The zero-order valence-electron chi connectivity index (χ0n) is 4.81. The van der Waals surface area contributed by atoms with E-state index in [4.69, 9.17) is 4.74 Å². The average Bonchev–Trinajstić information content (AvgIpc) is 1.62. The highest BCUT2D eigenvalue weighted by Crippen LogP contribution is 2.09. The lowest BCUT2D eigenvalue weighted by molar-refractivity contribution is -0.144. The SMILES string of the molecule is CNC(=O)C1CCO1. The molecule has 46 valence electrons. The van der Waals surface area contributed by atoms with Gasteiger partial charge in [0.05, 0.1) is 6.61 Å². The zero-order valence-corrected chi connectivity index (χ0v) is 4.81. The molecule has 1 rings (SSSR count). The summed E-state index contributed by atoms with van der Waals surface area (Å²) in [6, 6.07) is 0. The lowest BCUT2D eigenvalue weighted by Gasteiger charge is -2.23. The summed E-state index contributed by atoms with van der Waals surface area (Å²) >= 11 is 0. The molecule has 1 atom stereocenters. The van der Waals surface area contributed by atoms with Gasteiger partial charge in [-0.15, -0.1) is 0 Å². The van der Waals surface area contributed by atoms with Crippen molar-refractivity contribution < 1.29 is 9.53 Å². The highest BCUT2D eigenvalue weighted by Gasteiger charge is 2.24. The monoisotopic (exact) mass is 115 g/mol. The standard InChI is InChI=1S/C5H9NO2/c1-6-5(7)4-2-3-8-4/h4H,2-3H2,1H3,(H,6,7). The molecule has 1 amide bonds. The molecule has 3 nitrogen and oxygen atoms in total. The number of hydrogen-bond donors (Lipinski definition) is 1. The summed E-state index contributed by atoms with van der Waals surface area (Å²) in [5.74, 6) is -0.00347. The highest BCUT2D eigenvalue weighted by molar-refractivity contribution is 5.80. The van der Waals surface area contributed by atoms with Gasteiger partial charge in [0.2, 0.25) is 5.91 Å². The van der Waals surface area contributed by atoms with E-state index < -0.39 is 0 Å². The number of amides is 1. The van der Waals surface area contributed by atoms with Gasteiger partial charge in [-0.1, -0.05) is 0 Å². The third-order valence-electron chi connectivity index (χ3n) is 1.24. The largest absolute Gasteiger partial charge is 0.368 e. The molecule has 0 aromatic rings. The summed E-state index contributed by atoms with van der Waals surface area (Å²) in [6.07, 6.45) is 0.722. The van der Waals surface area contributed by atoms with Crippen molar-refractivity contribution in [3.63, 3.8) is 0 Å². The van der Waals surface area contributed by atoms with Crippen LogP contribution in [-0.4, -0.2) is 25.7 Å². The number of hydrogen-bond acceptors (Lipinski definition) is 2. The molecule has 0 aromatic heterocycles.